The summed E-state index contributed by atoms with van der Waals surface area (Å²) in [4.78, 5) is 15.9. The first kappa shape index (κ1) is 14.3. The van der Waals surface area contributed by atoms with Crippen LogP contribution in [-0.2, 0) is 6.54 Å². The number of carbonyl (C=O) groups excluding carboxylic acids is 1. The second-order valence-corrected chi connectivity index (χ2v) is 5.34. The van der Waals surface area contributed by atoms with Gasteiger partial charge in [-0.15, -0.1) is 0 Å². The first-order valence-electron chi connectivity index (χ1n) is 7.49. The molecule has 4 heteroatoms. The maximum atomic E-state index is 11.9. The molecule has 1 amide bonds. The zero-order chi connectivity index (χ0) is 15.4. The third-order valence-electron chi connectivity index (χ3n) is 3.80. The van der Waals surface area contributed by atoms with Crippen LogP contribution in [0.2, 0.25) is 0 Å². The van der Waals surface area contributed by atoms with Gasteiger partial charge in [-0.25, -0.2) is 0 Å². The summed E-state index contributed by atoms with van der Waals surface area (Å²) in [5.74, 6) is -0.0449. The van der Waals surface area contributed by atoms with Gasteiger partial charge in [0, 0.05) is 42.3 Å². The fourth-order valence-electron chi connectivity index (χ4n) is 2.69. The van der Waals surface area contributed by atoms with E-state index in [9.17, 15) is 4.79 Å². The Hall–Kier alpha value is -2.62. The molecular weight excluding hydrogens is 274 g/mol. The van der Waals surface area contributed by atoms with E-state index in [2.05, 4.69) is 52.1 Å². The minimum absolute atomic E-state index is 0.0449. The molecule has 0 aliphatic rings. The Kier molecular flexibility index (Phi) is 4.19. The van der Waals surface area contributed by atoms with Crippen LogP contribution in [0.15, 0.2) is 54.9 Å². The Balaban J connectivity index is 1.57. The summed E-state index contributed by atoms with van der Waals surface area (Å²) in [6.45, 7) is 3.68. The molecule has 0 saturated heterocycles. The van der Waals surface area contributed by atoms with Gasteiger partial charge in [-0.3, -0.25) is 9.78 Å². The molecule has 22 heavy (non-hydrogen) atoms. The number of fused-ring (bicyclic) bond motifs is 1. The van der Waals surface area contributed by atoms with Gasteiger partial charge in [-0.05, 0) is 43.0 Å². The Morgan fingerprint density at radius 2 is 1.95 bits per heavy atom. The zero-order valence-electron chi connectivity index (χ0n) is 12.6. The van der Waals surface area contributed by atoms with E-state index in [1.165, 1.54) is 16.6 Å². The van der Waals surface area contributed by atoms with Crippen LogP contribution in [0.5, 0.6) is 0 Å². The molecule has 2 aromatic heterocycles. The van der Waals surface area contributed by atoms with Crippen LogP contribution in [-0.4, -0.2) is 22.0 Å². The van der Waals surface area contributed by atoms with Gasteiger partial charge in [0.2, 0.25) is 0 Å². The number of para-hydroxylation sites is 1. The lowest BCUT2D eigenvalue weighted by atomic mass is 10.2. The van der Waals surface area contributed by atoms with Gasteiger partial charge >= 0.3 is 0 Å². The number of nitrogens with one attached hydrogen (secondary N) is 1. The molecule has 2 heterocycles. The Morgan fingerprint density at radius 3 is 2.77 bits per heavy atom. The fraction of sp³-hybridized carbons (Fsp3) is 0.222. The van der Waals surface area contributed by atoms with E-state index in [4.69, 9.17) is 0 Å². The summed E-state index contributed by atoms with van der Waals surface area (Å²) in [5, 5.41) is 4.21. The van der Waals surface area contributed by atoms with Crippen molar-refractivity contribution in [2.75, 3.05) is 6.54 Å². The smallest absolute Gasteiger partial charge is 0.251 e. The molecule has 4 nitrogen and oxygen atoms in total. The lowest BCUT2D eigenvalue weighted by molar-refractivity contribution is 0.0952. The van der Waals surface area contributed by atoms with Crippen molar-refractivity contribution in [3.05, 3.63) is 66.1 Å². The lowest BCUT2D eigenvalue weighted by Gasteiger charge is -2.09. The maximum Gasteiger partial charge on any atom is 0.251 e. The van der Waals surface area contributed by atoms with Crippen molar-refractivity contribution >= 4 is 16.8 Å². The molecule has 0 unspecified atom stereocenters. The summed E-state index contributed by atoms with van der Waals surface area (Å²) in [7, 11) is 0. The predicted molar refractivity (Wildman–Crippen MR) is 87.9 cm³/mol. The van der Waals surface area contributed by atoms with Gasteiger partial charge in [0.25, 0.3) is 5.91 Å². The van der Waals surface area contributed by atoms with Crippen LogP contribution in [0.4, 0.5) is 0 Å². The highest BCUT2D eigenvalue weighted by Crippen LogP contribution is 2.19. The van der Waals surface area contributed by atoms with Crippen molar-refractivity contribution in [2.45, 2.75) is 19.9 Å². The van der Waals surface area contributed by atoms with E-state index in [0.29, 0.717) is 12.1 Å². The van der Waals surface area contributed by atoms with Gasteiger partial charge in [-0.2, -0.15) is 0 Å². The molecule has 112 valence electrons. The number of hydrogen-bond donors (Lipinski definition) is 1. The average molecular weight is 293 g/mol. The number of amides is 1. The first-order valence-corrected chi connectivity index (χ1v) is 7.49. The maximum absolute atomic E-state index is 11.9. The van der Waals surface area contributed by atoms with Gasteiger partial charge in [-0.1, -0.05) is 18.2 Å². The van der Waals surface area contributed by atoms with E-state index < -0.39 is 0 Å². The van der Waals surface area contributed by atoms with Crippen LogP contribution in [0.1, 0.15) is 22.5 Å². The van der Waals surface area contributed by atoms with Crippen LogP contribution in [0.25, 0.3) is 10.9 Å². The molecule has 1 N–H and O–H groups in total. The average Bonchev–Trinajstić information content (AvgIpc) is 2.88. The third kappa shape index (κ3) is 3.01. The number of aromatic nitrogens is 2. The number of pyridine rings is 1. The second kappa shape index (κ2) is 6.43. The highest BCUT2D eigenvalue weighted by molar-refractivity contribution is 5.93. The van der Waals surface area contributed by atoms with Crippen molar-refractivity contribution in [2.24, 2.45) is 0 Å². The minimum atomic E-state index is -0.0449. The number of nitrogens with zero attached hydrogens (tertiary/aromatic N) is 2. The molecule has 0 bridgehead atoms. The molecule has 0 atom stereocenters. The topological polar surface area (TPSA) is 46.9 Å². The van der Waals surface area contributed by atoms with E-state index >= 15 is 0 Å². The van der Waals surface area contributed by atoms with Gasteiger partial charge in [0.15, 0.2) is 0 Å². The lowest BCUT2D eigenvalue weighted by Crippen LogP contribution is -2.25. The summed E-state index contributed by atoms with van der Waals surface area (Å²) < 4.78 is 2.30. The predicted octanol–water partition coefficient (Wildman–Crippen LogP) is 3.16. The van der Waals surface area contributed by atoms with Crippen LogP contribution in [0.3, 0.4) is 0 Å². The van der Waals surface area contributed by atoms with Crippen molar-refractivity contribution < 1.29 is 4.79 Å². The van der Waals surface area contributed by atoms with Crippen LogP contribution >= 0.6 is 0 Å². The molecule has 3 aromatic rings. The number of rotatable bonds is 5. The van der Waals surface area contributed by atoms with E-state index in [0.717, 1.165) is 13.0 Å². The summed E-state index contributed by atoms with van der Waals surface area (Å²) in [6, 6.07) is 14.0. The summed E-state index contributed by atoms with van der Waals surface area (Å²) in [5.41, 5.74) is 3.15. The zero-order valence-corrected chi connectivity index (χ0v) is 12.6. The number of carbonyl (C=O) groups is 1. The number of hydrogen-bond acceptors (Lipinski definition) is 2. The van der Waals surface area contributed by atoms with Crippen molar-refractivity contribution in [1.29, 1.82) is 0 Å². The molecule has 0 fully saturated rings. The monoisotopic (exact) mass is 293 g/mol. The van der Waals surface area contributed by atoms with Crippen LogP contribution < -0.4 is 5.32 Å². The Labute approximate surface area is 129 Å². The molecular formula is C18H19N3O. The van der Waals surface area contributed by atoms with Gasteiger partial charge in [0.05, 0.1) is 0 Å². The minimum Gasteiger partial charge on any atom is -0.352 e. The van der Waals surface area contributed by atoms with Gasteiger partial charge < -0.3 is 9.88 Å². The largest absolute Gasteiger partial charge is 0.352 e. The third-order valence-corrected chi connectivity index (χ3v) is 3.80. The van der Waals surface area contributed by atoms with Crippen LogP contribution in [0, 0.1) is 6.92 Å². The Bertz CT molecular complexity index is 777. The number of benzene rings is 1. The van der Waals surface area contributed by atoms with E-state index in [1.807, 2.05) is 0 Å². The highest BCUT2D eigenvalue weighted by Gasteiger charge is 2.06. The highest BCUT2D eigenvalue weighted by atomic mass is 16.1. The molecule has 3 rings (SSSR count). The normalized spacial score (nSPS) is 10.8. The molecule has 1 aromatic carbocycles. The Morgan fingerprint density at radius 1 is 1.18 bits per heavy atom. The SMILES string of the molecule is Cc1cc2ccccc2n1CCCNC(=O)c1ccncc1. The summed E-state index contributed by atoms with van der Waals surface area (Å²) >= 11 is 0. The van der Waals surface area contributed by atoms with E-state index in [1.54, 1.807) is 24.5 Å². The molecule has 0 spiro atoms. The molecule has 0 saturated carbocycles. The quantitative estimate of drug-likeness (QED) is 0.734. The van der Waals surface area contributed by atoms with Crippen molar-refractivity contribution in [3.8, 4) is 0 Å². The summed E-state index contributed by atoms with van der Waals surface area (Å²) in [6.07, 6.45) is 4.16. The van der Waals surface area contributed by atoms with Crippen molar-refractivity contribution in [1.82, 2.24) is 14.9 Å². The van der Waals surface area contributed by atoms with E-state index in [-0.39, 0.29) is 5.91 Å². The number of aryl methyl sites for hydroxylation is 2. The fourth-order valence-corrected chi connectivity index (χ4v) is 2.69. The molecule has 0 radical (unpaired) electrons. The molecule has 0 aliphatic heterocycles. The second-order valence-electron chi connectivity index (χ2n) is 5.34. The first-order chi connectivity index (χ1) is 10.8. The standard InChI is InChI=1S/C18H19N3O/c1-14-13-16-5-2-3-6-17(16)21(14)12-4-9-20-18(22)15-7-10-19-11-8-15/h2-3,5-8,10-11,13H,4,9,12H2,1H3,(H,20,22). The molecule has 0 aliphatic carbocycles. The van der Waals surface area contributed by atoms with Crippen molar-refractivity contribution in [3.63, 3.8) is 0 Å². The van der Waals surface area contributed by atoms with Gasteiger partial charge in [0.1, 0.15) is 0 Å².